The largest absolute Gasteiger partial charge is 0.478 e. The molecule has 2 rings (SSSR count). The molecule has 0 amide bonds. The Labute approximate surface area is 113 Å². The quantitative estimate of drug-likeness (QED) is 0.806. The molecule has 2 unspecified atom stereocenters. The summed E-state index contributed by atoms with van der Waals surface area (Å²) in [4.78, 5) is 15.4. The fourth-order valence-corrected chi connectivity index (χ4v) is 2.79. The standard InChI is InChI=1S/C14H21N3O2/c1-9-7-17(8-13(9)16(2)3)12-5-4-10(14(18)19)6-11(12)15/h4-6,9,13H,7-8,15H2,1-3H3,(H,18,19). The molecule has 0 aliphatic carbocycles. The summed E-state index contributed by atoms with van der Waals surface area (Å²) in [6, 6.07) is 5.45. The van der Waals surface area contributed by atoms with Crippen LogP contribution in [0, 0.1) is 5.92 Å². The number of rotatable bonds is 3. The number of carbonyl (C=O) groups is 1. The van der Waals surface area contributed by atoms with E-state index >= 15 is 0 Å². The van der Waals surface area contributed by atoms with E-state index in [1.54, 1.807) is 6.07 Å². The predicted octanol–water partition coefficient (Wildman–Crippen LogP) is 1.35. The number of aromatic carboxylic acids is 1. The second-order valence-corrected chi connectivity index (χ2v) is 5.49. The first-order chi connectivity index (χ1) is 8.90. The van der Waals surface area contributed by atoms with Crippen LogP contribution in [-0.2, 0) is 0 Å². The van der Waals surface area contributed by atoms with Gasteiger partial charge in [0, 0.05) is 19.1 Å². The number of nitrogens with two attached hydrogens (primary N) is 1. The van der Waals surface area contributed by atoms with Gasteiger partial charge in [0.15, 0.2) is 0 Å². The van der Waals surface area contributed by atoms with E-state index in [1.807, 2.05) is 6.07 Å². The van der Waals surface area contributed by atoms with Crippen molar-refractivity contribution in [3.63, 3.8) is 0 Å². The highest BCUT2D eigenvalue weighted by Crippen LogP contribution is 2.30. The van der Waals surface area contributed by atoms with Crippen LogP contribution in [0.5, 0.6) is 0 Å². The lowest BCUT2D eigenvalue weighted by Gasteiger charge is -2.23. The van der Waals surface area contributed by atoms with Crippen LogP contribution in [0.4, 0.5) is 11.4 Å². The first-order valence-electron chi connectivity index (χ1n) is 6.44. The summed E-state index contributed by atoms with van der Waals surface area (Å²) in [7, 11) is 4.17. The Kier molecular flexibility index (Phi) is 3.66. The van der Waals surface area contributed by atoms with Crippen LogP contribution in [0.2, 0.25) is 0 Å². The SMILES string of the molecule is CC1CN(c2ccc(C(=O)O)cc2N)CC1N(C)C. The molecule has 0 saturated carbocycles. The number of nitrogen functional groups attached to an aromatic ring is 1. The second-order valence-electron chi connectivity index (χ2n) is 5.49. The minimum atomic E-state index is -0.945. The van der Waals surface area contributed by atoms with Crippen LogP contribution in [0.3, 0.4) is 0 Å². The van der Waals surface area contributed by atoms with Crippen LogP contribution in [0.15, 0.2) is 18.2 Å². The molecule has 2 atom stereocenters. The molecule has 1 saturated heterocycles. The molecule has 0 aromatic heterocycles. The van der Waals surface area contributed by atoms with E-state index in [2.05, 4.69) is 30.8 Å². The summed E-state index contributed by atoms with van der Waals surface area (Å²) >= 11 is 0. The van der Waals surface area contributed by atoms with Gasteiger partial charge in [0.1, 0.15) is 0 Å². The molecule has 1 heterocycles. The molecule has 5 heteroatoms. The van der Waals surface area contributed by atoms with Gasteiger partial charge in [-0.05, 0) is 38.2 Å². The summed E-state index contributed by atoms with van der Waals surface area (Å²) in [6.07, 6.45) is 0. The average molecular weight is 263 g/mol. The molecule has 5 nitrogen and oxygen atoms in total. The van der Waals surface area contributed by atoms with Crippen molar-refractivity contribution in [1.82, 2.24) is 4.90 Å². The van der Waals surface area contributed by atoms with Crippen molar-refractivity contribution in [3.8, 4) is 0 Å². The maximum absolute atomic E-state index is 10.9. The molecule has 104 valence electrons. The zero-order valence-corrected chi connectivity index (χ0v) is 11.6. The molecular weight excluding hydrogens is 242 g/mol. The van der Waals surface area contributed by atoms with Gasteiger partial charge in [0.25, 0.3) is 0 Å². The molecule has 0 spiro atoms. The third kappa shape index (κ3) is 2.66. The van der Waals surface area contributed by atoms with Gasteiger partial charge >= 0.3 is 5.97 Å². The van der Waals surface area contributed by atoms with Gasteiger partial charge < -0.3 is 20.6 Å². The van der Waals surface area contributed by atoms with Crippen LogP contribution in [0.1, 0.15) is 17.3 Å². The summed E-state index contributed by atoms with van der Waals surface area (Å²) in [6.45, 7) is 4.09. The lowest BCUT2D eigenvalue weighted by atomic mass is 10.1. The zero-order valence-electron chi connectivity index (χ0n) is 11.6. The van der Waals surface area contributed by atoms with E-state index in [4.69, 9.17) is 10.8 Å². The van der Waals surface area contributed by atoms with E-state index in [0.717, 1.165) is 18.8 Å². The zero-order chi connectivity index (χ0) is 14.2. The number of hydrogen-bond acceptors (Lipinski definition) is 4. The van der Waals surface area contributed by atoms with Gasteiger partial charge in [-0.25, -0.2) is 4.79 Å². The fraction of sp³-hybridized carbons (Fsp3) is 0.500. The molecule has 1 aliphatic heterocycles. The predicted molar refractivity (Wildman–Crippen MR) is 76.7 cm³/mol. The van der Waals surface area contributed by atoms with E-state index in [0.29, 0.717) is 17.6 Å². The Morgan fingerprint density at radius 3 is 2.58 bits per heavy atom. The van der Waals surface area contributed by atoms with E-state index < -0.39 is 5.97 Å². The van der Waals surface area contributed by atoms with Crippen molar-refractivity contribution in [2.75, 3.05) is 37.8 Å². The number of anilines is 2. The van der Waals surface area contributed by atoms with E-state index in [1.165, 1.54) is 6.07 Å². The highest BCUT2D eigenvalue weighted by atomic mass is 16.4. The van der Waals surface area contributed by atoms with Crippen molar-refractivity contribution < 1.29 is 9.90 Å². The van der Waals surface area contributed by atoms with Crippen LogP contribution >= 0.6 is 0 Å². The molecule has 3 N–H and O–H groups in total. The van der Waals surface area contributed by atoms with Gasteiger partial charge in [-0.15, -0.1) is 0 Å². The minimum Gasteiger partial charge on any atom is -0.478 e. The smallest absolute Gasteiger partial charge is 0.335 e. The van der Waals surface area contributed by atoms with Gasteiger partial charge in [0.2, 0.25) is 0 Å². The summed E-state index contributed by atoms with van der Waals surface area (Å²) in [5.41, 5.74) is 7.69. The van der Waals surface area contributed by atoms with Gasteiger partial charge in [-0.2, -0.15) is 0 Å². The maximum atomic E-state index is 10.9. The minimum absolute atomic E-state index is 0.234. The number of carboxylic acid groups (broad SMARTS) is 1. The second kappa shape index (κ2) is 5.09. The Bertz CT molecular complexity index is 488. The Morgan fingerprint density at radius 1 is 1.42 bits per heavy atom. The van der Waals surface area contributed by atoms with Gasteiger partial charge in [0.05, 0.1) is 16.9 Å². The van der Waals surface area contributed by atoms with Crippen LogP contribution < -0.4 is 10.6 Å². The van der Waals surface area contributed by atoms with Gasteiger partial charge in [-0.3, -0.25) is 0 Å². The molecule has 19 heavy (non-hydrogen) atoms. The monoisotopic (exact) mass is 263 g/mol. The lowest BCUT2D eigenvalue weighted by Crippen LogP contribution is -2.34. The first-order valence-corrected chi connectivity index (χ1v) is 6.44. The van der Waals surface area contributed by atoms with Crippen LogP contribution in [-0.4, -0.2) is 49.2 Å². The summed E-state index contributed by atoms with van der Waals surface area (Å²) in [5, 5.41) is 8.95. The third-order valence-corrected chi connectivity index (χ3v) is 3.85. The number of benzene rings is 1. The lowest BCUT2D eigenvalue weighted by molar-refractivity contribution is 0.0697. The third-order valence-electron chi connectivity index (χ3n) is 3.85. The fourth-order valence-electron chi connectivity index (χ4n) is 2.79. The summed E-state index contributed by atoms with van der Waals surface area (Å²) in [5.74, 6) is -0.382. The van der Waals surface area contributed by atoms with E-state index in [9.17, 15) is 4.79 Å². The molecule has 1 fully saturated rings. The molecule has 0 radical (unpaired) electrons. The average Bonchev–Trinajstić information content (AvgIpc) is 2.71. The summed E-state index contributed by atoms with van der Waals surface area (Å²) < 4.78 is 0. The Balaban J connectivity index is 2.22. The number of nitrogens with zero attached hydrogens (tertiary/aromatic N) is 2. The molecule has 0 bridgehead atoms. The number of likely N-dealkylation sites (N-methyl/N-ethyl adjacent to an activating group) is 1. The highest BCUT2D eigenvalue weighted by molar-refractivity contribution is 5.90. The highest BCUT2D eigenvalue weighted by Gasteiger charge is 2.31. The molecule has 1 aliphatic rings. The van der Waals surface area contributed by atoms with E-state index in [-0.39, 0.29) is 5.56 Å². The van der Waals surface area contributed by atoms with Crippen molar-refractivity contribution in [2.24, 2.45) is 5.92 Å². The normalized spacial score (nSPS) is 23.1. The maximum Gasteiger partial charge on any atom is 0.335 e. The molecule has 1 aromatic carbocycles. The first kappa shape index (κ1) is 13.7. The molecular formula is C14H21N3O2. The Hall–Kier alpha value is -1.75. The van der Waals surface area contributed by atoms with Crippen molar-refractivity contribution in [1.29, 1.82) is 0 Å². The van der Waals surface area contributed by atoms with Crippen LogP contribution in [0.25, 0.3) is 0 Å². The number of hydrogen-bond donors (Lipinski definition) is 2. The number of carboxylic acids is 1. The van der Waals surface area contributed by atoms with Crippen molar-refractivity contribution in [2.45, 2.75) is 13.0 Å². The van der Waals surface area contributed by atoms with Crippen molar-refractivity contribution in [3.05, 3.63) is 23.8 Å². The van der Waals surface area contributed by atoms with Gasteiger partial charge in [-0.1, -0.05) is 6.92 Å². The topological polar surface area (TPSA) is 69.8 Å². The Morgan fingerprint density at radius 2 is 2.11 bits per heavy atom. The van der Waals surface area contributed by atoms with Crippen molar-refractivity contribution >= 4 is 17.3 Å². The molecule has 1 aromatic rings.